The van der Waals surface area contributed by atoms with Crippen LogP contribution in [-0.2, 0) is 0 Å². The van der Waals surface area contributed by atoms with Crippen LogP contribution < -0.4 is 11.2 Å². The molecule has 92 valence electrons. The highest BCUT2D eigenvalue weighted by molar-refractivity contribution is 5.79. The van der Waals surface area contributed by atoms with Crippen LogP contribution in [0.25, 0.3) is 11.3 Å². The van der Waals surface area contributed by atoms with Gasteiger partial charge in [-0.05, 0) is 19.1 Å². The van der Waals surface area contributed by atoms with E-state index in [-0.39, 0.29) is 0 Å². The molecule has 0 aliphatic rings. The topological polar surface area (TPSA) is 80.6 Å². The Bertz CT molecular complexity index is 570. The molecule has 5 nitrogen and oxygen atoms in total. The Hall–Kier alpha value is -2.56. The summed E-state index contributed by atoms with van der Waals surface area (Å²) in [5.41, 5.74) is 9.15. The second kappa shape index (κ2) is 5.18. The molecular weight excluding hydrogens is 230 g/mol. The fourth-order valence-corrected chi connectivity index (χ4v) is 1.45. The lowest BCUT2D eigenvalue weighted by Crippen LogP contribution is -2.24. The van der Waals surface area contributed by atoms with Gasteiger partial charge in [-0.25, -0.2) is 10.2 Å². The Morgan fingerprint density at radius 1 is 1.28 bits per heavy atom. The summed E-state index contributed by atoms with van der Waals surface area (Å²) in [6, 6.07) is 10.9. The number of primary amides is 1. The maximum absolute atomic E-state index is 10.4. The number of nitrogens with one attached hydrogen (secondary N) is 1. The van der Waals surface area contributed by atoms with Crippen molar-refractivity contribution in [1.29, 1.82) is 0 Å². The van der Waals surface area contributed by atoms with E-state index >= 15 is 0 Å². The van der Waals surface area contributed by atoms with Gasteiger partial charge in [0.25, 0.3) is 0 Å². The summed E-state index contributed by atoms with van der Waals surface area (Å²) in [6.07, 6.45) is 1.39. The lowest BCUT2D eigenvalue weighted by atomic mass is 10.1. The van der Waals surface area contributed by atoms with Gasteiger partial charge in [-0.3, -0.25) is 0 Å². The molecule has 5 heteroatoms. The number of hydrogen-bond acceptors (Lipinski definition) is 3. The Balaban J connectivity index is 2.12. The largest absolute Gasteiger partial charge is 0.455 e. The maximum Gasteiger partial charge on any atom is 0.332 e. The van der Waals surface area contributed by atoms with Crippen molar-refractivity contribution in [3.8, 4) is 11.3 Å². The molecule has 2 rings (SSSR count). The first-order chi connectivity index (χ1) is 8.65. The fraction of sp³-hybridized carbons (Fsp3) is 0.0769. The van der Waals surface area contributed by atoms with Crippen LogP contribution in [0.5, 0.6) is 0 Å². The van der Waals surface area contributed by atoms with Crippen molar-refractivity contribution in [3.63, 3.8) is 0 Å². The van der Waals surface area contributed by atoms with Gasteiger partial charge in [0.05, 0.1) is 6.21 Å². The summed E-state index contributed by atoms with van der Waals surface area (Å²) < 4.78 is 5.55. The van der Waals surface area contributed by atoms with Gasteiger partial charge in [-0.1, -0.05) is 29.8 Å². The quantitative estimate of drug-likeness (QED) is 0.640. The van der Waals surface area contributed by atoms with Crippen LogP contribution >= 0.6 is 0 Å². The molecule has 0 radical (unpaired) electrons. The summed E-state index contributed by atoms with van der Waals surface area (Å²) in [4.78, 5) is 10.4. The molecule has 0 bridgehead atoms. The van der Waals surface area contributed by atoms with E-state index in [1.807, 2.05) is 37.3 Å². The highest BCUT2D eigenvalue weighted by Crippen LogP contribution is 2.21. The second-order valence-corrected chi connectivity index (χ2v) is 3.80. The number of nitrogens with two attached hydrogens (primary N) is 1. The predicted octanol–water partition coefficient (Wildman–Crippen LogP) is 2.26. The molecule has 0 saturated heterocycles. The molecule has 1 heterocycles. The number of hydrazone groups is 1. The van der Waals surface area contributed by atoms with Gasteiger partial charge in [-0.2, -0.15) is 5.10 Å². The summed E-state index contributed by atoms with van der Waals surface area (Å²) in [7, 11) is 0. The van der Waals surface area contributed by atoms with E-state index in [2.05, 4.69) is 10.5 Å². The fourth-order valence-electron chi connectivity index (χ4n) is 1.45. The highest BCUT2D eigenvalue weighted by atomic mass is 16.3. The van der Waals surface area contributed by atoms with E-state index in [0.717, 1.165) is 11.3 Å². The van der Waals surface area contributed by atoms with E-state index in [1.54, 1.807) is 6.07 Å². The van der Waals surface area contributed by atoms with Crippen molar-refractivity contribution in [3.05, 3.63) is 47.7 Å². The molecule has 0 spiro atoms. The van der Waals surface area contributed by atoms with Crippen LogP contribution in [0.2, 0.25) is 0 Å². The predicted molar refractivity (Wildman–Crippen MR) is 69.2 cm³/mol. The minimum Gasteiger partial charge on any atom is -0.455 e. The van der Waals surface area contributed by atoms with Crippen molar-refractivity contribution >= 4 is 12.2 Å². The number of furan rings is 1. The van der Waals surface area contributed by atoms with Crippen molar-refractivity contribution < 1.29 is 9.21 Å². The van der Waals surface area contributed by atoms with E-state index in [4.69, 9.17) is 10.2 Å². The first-order valence-electron chi connectivity index (χ1n) is 5.40. The van der Waals surface area contributed by atoms with Crippen LogP contribution in [0.1, 0.15) is 11.3 Å². The molecule has 0 aliphatic heterocycles. The third-order valence-corrected chi connectivity index (χ3v) is 2.33. The minimum atomic E-state index is -0.712. The average Bonchev–Trinajstić information content (AvgIpc) is 2.78. The zero-order valence-corrected chi connectivity index (χ0v) is 9.88. The number of carbonyl (C=O) groups is 1. The van der Waals surface area contributed by atoms with Crippen molar-refractivity contribution in [2.45, 2.75) is 6.92 Å². The zero-order chi connectivity index (χ0) is 13.0. The number of nitrogens with zero attached hydrogens (tertiary/aromatic N) is 1. The van der Waals surface area contributed by atoms with E-state index in [9.17, 15) is 4.79 Å². The van der Waals surface area contributed by atoms with Gasteiger partial charge in [0.15, 0.2) is 0 Å². The molecular formula is C13H13N3O2. The molecule has 1 aromatic carbocycles. The molecule has 2 aromatic rings. The molecule has 18 heavy (non-hydrogen) atoms. The molecule has 3 N–H and O–H groups in total. The van der Waals surface area contributed by atoms with E-state index in [0.29, 0.717) is 5.76 Å². The van der Waals surface area contributed by atoms with Gasteiger partial charge in [-0.15, -0.1) is 0 Å². The van der Waals surface area contributed by atoms with Crippen molar-refractivity contribution in [2.75, 3.05) is 0 Å². The van der Waals surface area contributed by atoms with Crippen LogP contribution in [-0.4, -0.2) is 12.2 Å². The number of amides is 2. The first-order valence-corrected chi connectivity index (χ1v) is 5.40. The van der Waals surface area contributed by atoms with E-state index < -0.39 is 6.03 Å². The molecule has 0 atom stereocenters. The van der Waals surface area contributed by atoms with Gasteiger partial charge in [0, 0.05) is 5.56 Å². The molecule has 0 aliphatic carbocycles. The van der Waals surface area contributed by atoms with Crippen LogP contribution in [0, 0.1) is 6.92 Å². The minimum absolute atomic E-state index is 0.541. The lowest BCUT2D eigenvalue weighted by molar-refractivity contribution is 0.249. The molecule has 0 fully saturated rings. The summed E-state index contributed by atoms with van der Waals surface area (Å²) in [6.45, 7) is 2.03. The normalized spacial score (nSPS) is 10.7. The molecule has 2 amide bonds. The standard InChI is InChI=1S/C13H13N3O2/c1-9-2-4-10(5-3-9)12-7-6-11(18-12)8-15-16-13(14)17/h2-8H,1H3,(H3,14,16,17)/b15-8+. The first kappa shape index (κ1) is 11.9. The Kier molecular flexibility index (Phi) is 3.43. The number of rotatable bonds is 3. The molecule has 0 unspecified atom stereocenters. The van der Waals surface area contributed by atoms with Crippen molar-refractivity contribution in [2.24, 2.45) is 10.8 Å². The Morgan fingerprint density at radius 2 is 2.00 bits per heavy atom. The third-order valence-electron chi connectivity index (χ3n) is 2.33. The molecule has 0 saturated carbocycles. The van der Waals surface area contributed by atoms with Gasteiger partial charge in [0.1, 0.15) is 11.5 Å². The number of hydrogen-bond donors (Lipinski definition) is 2. The van der Waals surface area contributed by atoms with Crippen LogP contribution in [0.4, 0.5) is 4.79 Å². The lowest BCUT2D eigenvalue weighted by Gasteiger charge is -1.97. The SMILES string of the molecule is Cc1ccc(-c2ccc(/C=N/NC(N)=O)o2)cc1. The monoisotopic (exact) mass is 243 g/mol. The number of urea groups is 1. The van der Waals surface area contributed by atoms with E-state index in [1.165, 1.54) is 11.8 Å². The zero-order valence-electron chi connectivity index (χ0n) is 9.88. The summed E-state index contributed by atoms with van der Waals surface area (Å²) in [5.74, 6) is 1.29. The van der Waals surface area contributed by atoms with Crippen molar-refractivity contribution in [1.82, 2.24) is 5.43 Å². The highest BCUT2D eigenvalue weighted by Gasteiger charge is 2.02. The second-order valence-electron chi connectivity index (χ2n) is 3.80. The van der Waals surface area contributed by atoms with Gasteiger partial charge < -0.3 is 10.2 Å². The Morgan fingerprint density at radius 3 is 2.67 bits per heavy atom. The third kappa shape index (κ3) is 2.98. The number of benzene rings is 1. The average molecular weight is 243 g/mol. The van der Waals surface area contributed by atoms with Gasteiger partial charge in [0.2, 0.25) is 0 Å². The van der Waals surface area contributed by atoms with Crippen LogP contribution in [0.3, 0.4) is 0 Å². The smallest absolute Gasteiger partial charge is 0.332 e. The number of aryl methyl sites for hydroxylation is 1. The maximum atomic E-state index is 10.4. The molecule has 1 aromatic heterocycles. The van der Waals surface area contributed by atoms with Gasteiger partial charge >= 0.3 is 6.03 Å². The number of carbonyl (C=O) groups excluding carboxylic acids is 1. The van der Waals surface area contributed by atoms with Crippen LogP contribution in [0.15, 0.2) is 45.9 Å². The summed E-state index contributed by atoms with van der Waals surface area (Å²) >= 11 is 0. The Labute approximate surface area is 104 Å². The summed E-state index contributed by atoms with van der Waals surface area (Å²) in [5, 5.41) is 3.62.